The van der Waals surface area contributed by atoms with E-state index < -0.39 is 16.9 Å². The zero-order valence-electron chi connectivity index (χ0n) is 23.4. The number of methoxy groups -OCH3 is 1. The van der Waals surface area contributed by atoms with Crippen LogP contribution in [-0.4, -0.2) is 29.2 Å². The van der Waals surface area contributed by atoms with Gasteiger partial charge in [0, 0.05) is 16.6 Å². The smallest absolute Gasteiger partial charge is 0.338 e. The highest BCUT2D eigenvalue weighted by molar-refractivity contribution is 9.10. The molecule has 1 aliphatic heterocycles. The fourth-order valence-corrected chi connectivity index (χ4v) is 5.98. The van der Waals surface area contributed by atoms with E-state index in [1.807, 2.05) is 24.3 Å². The van der Waals surface area contributed by atoms with Crippen molar-refractivity contribution in [3.05, 3.63) is 129 Å². The molecule has 0 bridgehead atoms. The molecule has 10 nitrogen and oxygen atoms in total. The van der Waals surface area contributed by atoms with Gasteiger partial charge in [-0.2, -0.15) is 0 Å². The minimum atomic E-state index is -0.699. The maximum absolute atomic E-state index is 13.8. The van der Waals surface area contributed by atoms with Crippen molar-refractivity contribution in [1.29, 1.82) is 0 Å². The topological polar surface area (TPSA) is 122 Å². The number of esters is 1. The number of halogens is 1. The number of benzene rings is 3. The van der Waals surface area contributed by atoms with E-state index in [1.54, 1.807) is 50.3 Å². The van der Waals surface area contributed by atoms with Crippen LogP contribution in [0.5, 0.6) is 11.5 Å². The van der Waals surface area contributed by atoms with Crippen LogP contribution in [0.1, 0.15) is 36.6 Å². The Bertz CT molecular complexity index is 1910. The van der Waals surface area contributed by atoms with Crippen LogP contribution in [0, 0.1) is 10.1 Å². The van der Waals surface area contributed by atoms with Gasteiger partial charge in [-0.1, -0.05) is 45.5 Å². The predicted octanol–water partition coefficient (Wildman–Crippen LogP) is 5.06. The molecular weight excluding hydrogens is 638 g/mol. The number of ether oxygens (including phenoxy) is 3. The average molecular weight is 665 g/mol. The van der Waals surface area contributed by atoms with Crippen molar-refractivity contribution in [2.75, 3.05) is 13.7 Å². The number of nitro benzene ring substituents is 1. The van der Waals surface area contributed by atoms with Crippen molar-refractivity contribution in [3.8, 4) is 11.5 Å². The molecule has 0 N–H and O–H groups in total. The fraction of sp³-hybridized carbons (Fsp3) is 0.194. The third-order valence-corrected chi connectivity index (χ3v) is 8.24. The van der Waals surface area contributed by atoms with Gasteiger partial charge in [0.05, 0.1) is 40.5 Å². The van der Waals surface area contributed by atoms with Gasteiger partial charge < -0.3 is 14.2 Å². The van der Waals surface area contributed by atoms with Gasteiger partial charge in [-0.15, -0.1) is 0 Å². The van der Waals surface area contributed by atoms with Crippen LogP contribution < -0.4 is 24.4 Å². The number of fused-ring (bicyclic) bond motifs is 1. The number of nitro groups is 1. The fourth-order valence-electron chi connectivity index (χ4n) is 4.67. The van der Waals surface area contributed by atoms with E-state index in [1.165, 1.54) is 35.1 Å². The number of aromatic nitrogens is 1. The minimum absolute atomic E-state index is 0.00593. The maximum Gasteiger partial charge on any atom is 0.338 e. The summed E-state index contributed by atoms with van der Waals surface area (Å²) in [5.74, 6) is 0.418. The number of non-ortho nitro benzene ring substituents is 1. The lowest BCUT2D eigenvalue weighted by molar-refractivity contribution is -0.384. The van der Waals surface area contributed by atoms with Gasteiger partial charge in [-0.05, 0) is 73.0 Å². The zero-order valence-corrected chi connectivity index (χ0v) is 25.8. The Morgan fingerprint density at radius 3 is 2.49 bits per heavy atom. The lowest BCUT2D eigenvalue weighted by Crippen LogP contribution is -2.39. The van der Waals surface area contributed by atoms with Crippen molar-refractivity contribution in [2.24, 2.45) is 4.99 Å². The van der Waals surface area contributed by atoms with E-state index in [4.69, 9.17) is 14.2 Å². The second kappa shape index (κ2) is 12.8. The van der Waals surface area contributed by atoms with Gasteiger partial charge >= 0.3 is 5.97 Å². The number of hydrogen-bond donors (Lipinski definition) is 0. The SMILES string of the molecule is CCOC(=O)C1=C(C)N=c2s/c(=C\c3ccc(OCc4ccc([N+](=O)[O-])cc4)c(OC)c3)c(=O)n2[C@@H]1c1ccc(Br)cc1. The van der Waals surface area contributed by atoms with E-state index in [9.17, 15) is 19.7 Å². The van der Waals surface area contributed by atoms with Crippen LogP contribution in [0.25, 0.3) is 6.08 Å². The molecule has 0 spiro atoms. The van der Waals surface area contributed by atoms with Crippen molar-refractivity contribution < 1.29 is 23.9 Å². The molecule has 4 aromatic rings. The summed E-state index contributed by atoms with van der Waals surface area (Å²) in [6.07, 6.45) is 1.74. The van der Waals surface area contributed by atoms with Crippen molar-refractivity contribution in [3.63, 3.8) is 0 Å². The molecule has 0 amide bonds. The number of allylic oxidation sites excluding steroid dienone is 1. The second-order valence-corrected chi connectivity index (χ2v) is 11.4. The normalized spacial score (nSPS) is 14.6. The van der Waals surface area contributed by atoms with Gasteiger partial charge in [0.1, 0.15) is 6.61 Å². The lowest BCUT2D eigenvalue weighted by Gasteiger charge is -2.24. The maximum atomic E-state index is 13.8. The third-order valence-electron chi connectivity index (χ3n) is 6.73. The Morgan fingerprint density at radius 1 is 1.12 bits per heavy atom. The molecule has 220 valence electrons. The summed E-state index contributed by atoms with van der Waals surface area (Å²) in [6, 6.07) is 18.2. The van der Waals surface area contributed by atoms with Gasteiger partial charge in [0.25, 0.3) is 11.2 Å². The number of carbonyl (C=O) groups excluding carboxylic acids is 1. The van der Waals surface area contributed by atoms with Gasteiger partial charge in [0.15, 0.2) is 16.3 Å². The van der Waals surface area contributed by atoms with Gasteiger partial charge in [-0.3, -0.25) is 19.5 Å². The van der Waals surface area contributed by atoms with E-state index in [-0.39, 0.29) is 24.5 Å². The standard InChI is InChI=1S/C31H26BrN3O7S/c1-4-41-30(37)27-18(2)33-31-34(28(27)21-8-10-22(32)11-9-21)29(36)26(43-31)16-20-7-14-24(25(15-20)40-3)42-17-19-5-12-23(13-6-19)35(38)39/h5-16,28H,4,17H2,1-3H3/b26-16-/t28-/m1/s1. The number of carbonyl (C=O) groups is 1. The highest BCUT2D eigenvalue weighted by Crippen LogP contribution is 2.32. The molecule has 0 saturated heterocycles. The first-order valence-electron chi connectivity index (χ1n) is 13.2. The van der Waals surface area contributed by atoms with Crippen LogP contribution in [0.15, 0.2) is 92.3 Å². The summed E-state index contributed by atoms with van der Waals surface area (Å²) in [4.78, 5) is 42.4. The molecule has 12 heteroatoms. The molecular formula is C31H26BrN3O7S. The summed E-state index contributed by atoms with van der Waals surface area (Å²) >= 11 is 4.68. The molecule has 0 radical (unpaired) electrons. The van der Waals surface area contributed by atoms with Gasteiger partial charge in [0.2, 0.25) is 0 Å². The molecule has 1 aromatic heterocycles. The minimum Gasteiger partial charge on any atom is -0.493 e. The Balaban J connectivity index is 1.50. The second-order valence-electron chi connectivity index (χ2n) is 9.48. The number of hydrogen-bond acceptors (Lipinski definition) is 9. The first-order chi connectivity index (χ1) is 20.7. The summed E-state index contributed by atoms with van der Waals surface area (Å²) in [6.45, 7) is 3.86. The monoisotopic (exact) mass is 663 g/mol. The number of nitrogens with zero attached hydrogens (tertiary/aromatic N) is 3. The highest BCUT2D eigenvalue weighted by atomic mass is 79.9. The molecule has 0 aliphatic carbocycles. The number of rotatable bonds is 9. The molecule has 0 fully saturated rings. The number of thiazole rings is 1. The Morgan fingerprint density at radius 2 is 1.84 bits per heavy atom. The molecule has 3 aromatic carbocycles. The molecule has 0 saturated carbocycles. The first kappa shape index (κ1) is 29.9. The highest BCUT2D eigenvalue weighted by Gasteiger charge is 2.33. The van der Waals surface area contributed by atoms with E-state index >= 15 is 0 Å². The van der Waals surface area contributed by atoms with Gasteiger partial charge in [-0.25, -0.2) is 9.79 Å². The van der Waals surface area contributed by atoms with Crippen molar-refractivity contribution in [1.82, 2.24) is 4.57 Å². The van der Waals surface area contributed by atoms with E-state index in [0.29, 0.717) is 37.7 Å². The molecule has 2 heterocycles. The van der Waals surface area contributed by atoms with E-state index in [0.717, 1.165) is 15.6 Å². The largest absolute Gasteiger partial charge is 0.493 e. The van der Waals surface area contributed by atoms with Crippen LogP contribution in [-0.2, 0) is 16.1 Å². The quantitative estimate of drug-likeness (QED) is 0.139. The average Bonchev–Trinajstić information content (AvgIpc) is 3.30. The first-order valence-corrected chi connectivity index (χ1v) is 14.8. The molecule has 0 unspecified atom stereocenters. The van der Waals surface area contributed by atoms with Crippen LogP contribution in [0.4, 0.5) is 5.69 Å². The molecule has 43 heavy (non-hydrogen) atoms. The summed E-state index contributed by atoms with van der Waals surface area (Å²) < 4.78 is 19.6. The third kappa shape index (κ3) is 6.30. The summed E-state index contributed by atoms with van der Waals surface area (Å²) in [7, 11) is 1.52. The van der Waals surface area contributed by atoms with Crippen LogP contribution in [0.3, 0.4) is 0 Å². The van der Waals surface area contributed by atoms with E-state index in [2.05, 4.69) is 20.9 Å². The molecule has 1 atom stereocenters. The van der Waals surface area contributed by atoms with Crippen molar-refractivity contribution in [2.45, 2.75) is 26.5 Å². The molecule has 5 rings (SSSR count). The Labute approximate surface area is 258 Å². The Hall–Kier alpha value is -4.55. The molecule has 1 aliphatic rings. The predicted molar refractivity (Wildman–Crippen MR) is 165 cm³/mol. The van der Waals surface area contributed by atoms with Crippen LogP contribution >= 0.6 is 27.3 Å². The lowest BCUT2D eigenvalue weighted by atomic mass is 9.96. The summed E-state index contributed by atoms with van der Waals surface area (Å²) in [5, 5.41) is 10.9. The summed E-state index contributed by atoms with van der Waals surface area (Å²) in [5.41, 5.74) is 2.75. The van der Waals surface area contributed by atoms with Crippen molar-refractivity contribution >= 4 is 45.0 Å². The Kier molecular flexibility index (Phi) is 8.88. The zero-order chi connectivity index (χ0) is 30.7. The van der Waals surface area contributed by atoms with Crippen LogP contribution in [0.2, 0.25) is 0 Å².